The van der Waals surface area contributed by atoms with Crippen molar-refractivity contribution in [1.82, 2.24) is 39.0 Å². The molecule has 15 heteroatoms. The molecule has 0 unspecified atom stereocenters. The summed E-state index contributed by atoms with van der Waals surface area (Å²) in [5.74, 6) is 1.69. The molecule has 0 saturated carbocycles. The molecule has 3 saturated heterocycles. The van der Waals surface area contributed by atoms with Crippen LogP contribution in [0.5, 0.6) is 11.5 Å². The molecule has 9 heterocycles. The van der Waals surface area contributed by atoms with E-state index < -0.39 is 0 Å². The highest BCUT2D eigenvalue weighted by Crippen LogP contribution is 2.30. The minimum atomic E-state index is -0.149. The van der Waals surface area contributed by atoms with Gasteiger partial charge in [-0.1, -0.05) is 6.07 Å². The van der Waals surface area contributed by atoms with Crippen molar-refractivity contribution < 1.29 is 13.9 Å². The van der Waals surface area contributed by atoms with Gasteiger partial charge < -0.3 is 29.0 Å². The predicted molar refractivity (Wildman–Crippen MR) is 219 cm³/mol. The smallest absolute Gasteiger partial charge is 0.258 e. The zero-order valence-electron chi connectivity index (χ0n) is 32.2. The second-order valence-corrected chi connectivity index (χ2v) is 14.5. The number of aryl methyl sites for hydroxylation is 1. The number of nitrogens with one attached hydrogen (secondary N) is 1. The first-order valence-electron chi connectivity index (χ1n) is 19.3. The van der Waals surface area contributed by atoms with E-state index in [4.69, 9.17) is 18.9 Å². The van der Waals surface area contributed by atoms with E-state index in [-0.39, 0.29) is 11.1 Å². The zero-order valence-corrected chi connectivity index (χ0v) is 32.2. The van der Waals surface area contributed by atoms with Gasteiger partial charge in [-0.15, -0.1) is 0 Å². The zero-order chi connectivity index (χ0) is 39.0. The van der Waals surface area contributed by atoms with Crippen molar-refractivity contribution in [2.24, 2.45) is 0 Å². The van der Waals surface area contributed by atoms with Crippen LogP contribution in [0.2, 0.25) is 0 Å². The van der Waals surface area contributed by atoms with Crippen LogP contribution in [0.4, 0.5) is 11.4 Å². The topological polar surface area (TPSA) is 148 Å². The third kappa shape index (κ3) is 7.27. The summed E-state index contributed by atoms with van der Waals surface area (Å²) in [5, 5.41) is 3.33. The third-order valence-corrected chi connectivity index (χ3v) is 11.0. The van der Waals surface area contributed by atoms with Crippen LogP contribution >= 0.6 is 0 Å². The van der Waals surface area contributed by atoms with Crippen LogP contribution in [0.3, 0.4) is 0 Å². The summed E-state index contributed by atoms with van der Waals surface area (Å²) < 4.78 is 19.4. The number of pyridine rings is 3. The molecule has 0 aliphatic carbocycles. The Morgan fingerprint density at radius 2 is 1.42 bits per heavy atom. The Bertz CT molecular complexity index is 2720. The average Bonchev–Trinajstić information content (AvgIpc) is 3.88. The first kappa shape index (κ1) is 36.3. The molecule has 3 aliphatic heterocycles. The first-order valence-corrected chi connectivity index (χ1v) is 19.3. The number of fused-ring (bicyclic) bond motifs is 4. The Labute approximate surface area is 328 Å². The van der Waals surface area contributed by atoms with Crippen LogP contribution in [0.1, 0.15) is 18.7 Å². The van der Waals surface area contributed by atoms with E-state index in [2.05, 4.69) is 41.0 Å². The molecule has 10 rings (SSSR count). The van der Waals surface area contributed by atoms with E-state index in [9.17, 15) is 9.59 Å². The quantitative estimate of drug-likeness (QED) is 0.257. The molecule has 1 N–H and O–H groups in total. The average molecular weight is 769 g/mol. The van der Waals surface area contributed by atoms with Crippen molar-refractivity contribution in [2.45, 2.75) is 25.8 Å². The van der Waals surface area contributed by atoms with Crippen molar-refractivity contribution in [3.05, 3.63) is 106 Å². The standard InChI is InChI=1S/C23H23N5O2.C19H21N5O3/c1-15-24-19-6-4-16(11-21(19)30-15)20-12-23(29)28-14-18(5-7-22(28)25-20)27-10-9-26-8-2-3-17(26)13-27;1-26-16-9-14(21-11-17(16)27-2)15-10-19(25)24-12-13(3-4-18(24)22-15)23-7-5-20-6-8-23/h4-7,11-12,14,17H,2-3,8-10,13H2,1H3;3-4,9-12,20H,5-8H2,1-2H3/t17-;/m1./s1. The lowest BCUT2D eigenvalue weighted by molar-refractivity contribution is 0.231. The number of hydrogen-bond donors (Lipinski definition) is 1. The number of benzene rings is 1. The third-order valence-electron chi connectivity index (χ3n) is 11.0. The molecular formula is C42H44N10O5. The van der Waals surface area contributed by atoms with Gasteiger partial charge in [0.2, 0.25) is 0 Å². The predicted octanol–water partition coefficient (Wildman–Crippen LogP) is 4.28. The Morgan fingerprint density at radius 1 is 0.719 bits per heavy atom. The molecule has 0 amide bonds. The van der Waals surface area contributed by atoms with Gasteiger partial charge in [-0.05, 0) is 55.8 Å². The number of piperazine rings is 2. The summed E-state index contributed by atoms with van der Waals surface area (Å²) in [6, 6.07) is 19.0. The van der Waals surface area contributed by atoms with Gasteiger partial charge >= 0.3 is 0 Å². The highest BCUT2D eigenvalue weighted by molar-refractivity contribution is 5.79. The maximum Gasteiger partial charge on any atom is 0.258 e. The summed E-state index contributed by atoms with van der Waals surface area (Å²) in [4.78, 5) is 50.8. The van der Waals surface area contributed by atoms with E-state index in [0.717, 1.165) is 68.3 Å². The SMILES string of the molecule is COc1cnc(-c2cc(=O)n3cc(N4CCNCC4)ccc3n2)cc1OC.Cc1nc2ccc(-c3cc(=O)n4cc(N5CCN6CCC[C@@H]6C5)ccc4n3)cc2o1. The van der Waals surface area contributed by atoms with Crippen molar-refractivity contribution in [2.75, 3.05) is 76.4 Å². The van der Waals surface area contributed by atoms with E-state index in [1.807, 2.05) is 55.7 Å². The second kappa shape index (κ2) is 15.3. The molecule has 6 aromatic heterocycles. The number of rotatable bonds is 6. The van der Waals surface area contributed by atoms with Crippen LogP contribution in [0.15, 0.2) is 93.3 Å². The fourth-order valence-corrected chi connectivity index (χ4v) is 8.06. The minimum absolute atomic E-state index is 0.0785. The highest BCUT2D eigenvalue weighted by Gasteiger charge is 2.30. The van der Waals surface area contributed by atoms with Gasteiger partial charge in [0.15, 0.2) is 23.0 Å². The van der Waals surface area contributed by atoms with Crippen molar-refractivity contribution in [1.29, 1.82) is 0 Å². The van der Waals surface area contributed by atoms with Crippen LogP contribution in [-0.2, 0) is 0 Å². The molecule has 0 bridgehead atoms. The van der Waals surface area contributed by atoms with E-state index >= 15 is 0 Å². The Kier molecular flexibility index (Phi) is 9.76. The van der Waals surface area contributed by atoms with Crippen LogP contribution < -0.4 is 35.7 Å². The number of ether oxygens (including phenoxy) is 2. The molecule has 57 heavy (non-hydrogen) atoms. The lowest BCUT2D eigenvalue weighted by Crippen LogP contribution is -2.50. The molecule has 15 nitrogen and oxygen atoms in total. The molecule has 1 aromatic carbocycles. The Balaban J connectivity index is 0.000000149. The number of nitrogens with zero attached hydrogens (tertiary/aromatic N) is 9. The van der Waals surface area contributed by atoms with E-state index in [1.165, 1.54) is 25.5 Å². The van der Waals surface area contributed by atoms with Gasteiger partial charge in [0.1, 0.15) is 16.8 Å². The van der Waals surface area contributed by atoms with E-state index in [0.29, 0.717) is 57.4 Å². The molecule has 7 aromatic rings. The largest absolute Gasteiger partial charge is 0.493 e. The maximum absolute atomic E-state index is 12.9. The number of hydrogen-bond acceptors (Lipinski definition) is 13. The number of methoxy groups -OCH3 is 2. The number of aromatic nitrogens is 6. The van der Waals surface area contributed by atoms with Gasteiger partial charge in [-0.2, -0.15) is 0 Å². The molecular weight excluding hydrogens is 725 g/mol. The summed E-state index contributed by atoms with van der Waals surface area (Å²) >= 11 is 0. The Morgan fingerprint density at radius 3 is 2.16 bits per heavy atom. The van der Waals surface area contributed by atoms with Crippen LogP contribution in [-0.4, -0.2) is 106 Å². The number of oxazole rings is 1. The lowest BCUT2D eigenvalue weighted by atomic mass is 10.1. The van der Waals surface area contributed by atoms with Crippen molar-refractivity contribution >= 4 is 33.8 Å². The van der Waals surface area contributed by atoms with E-state index in [1.54, 1.807) is 41.4 Å². The number of anilines is 2. The lowest BCUT2D eigenvalue weighted by Gasteiger charge is -2.38. The summed E-state index contributed by atoms with van der Waals surface area (Å²) in [6.07, 6.45) is 7.90. The highest BCUT2D eigenvalue weighted by atomic mass is 16.5. The first-order chi connectivity index (χ1) is 27.8. The fourth-order valence-electron chi connectivity index (χ4n) is 8.06. The monoisotopic (exact) mass is 768 g/mol. The van der Waals surface area contributed by atoms with Crippen molar-refractivity contribution in [3.8, 4) is 34.1 Å². The molecule has 0 spiro atoms. The molecule has 3 fully saturated rings. The minimum Gasteiger partial charge on any atom is -0.493 e. The molecule has 0 radical (unpaired) electrons. The summed E-state index contributed by atoms with van der Waals surface area (Å²) in [6.45, 7) is 9.89. The molecule has 3 aliphatic rings. The van der Waals surface area contributed by atoms with Crippen LogP contribution in [0, 0.1) is 6.92 Å². The normalized spacial score (nSPS) is 17.1. The second-order valence-electron chi connectivity index (χ2n) is 14.5. The fraction of sp³-hybridized carbons (Fsp3) is 0.333. The van der Waals surface area contributed by atoms with Gasteiger partial charge in [0.05, 0.1) is 48.9 Å². The van der Waals surface area contributed by atoms with Gasteiger partial charge in [0.25, 0.3) is 11.1 Å². The van der Waals surface area contributed by atoms with Gasteiger partial charge in [-0.3, -0.25) is 28.3 Å². The van der Waals surface area contributed by atoms with Gasteiger partial charge in [0, 0.05) is 94.9 Å². The molecule has 292 valence electrons. The molecule has 1 atom stereocenters. The summed E-state index contributed by atoms with van der Waals surface area (Å²) in [7, 11) is 3.11. The maximum atomic E-state index is 12.9. The van der Waals surface area contributed by atoms with Gasteiger partial charge in [-0.25, -0.2) is 15.0 Å². The van der Waals surface area contributed by atoms with Crippen LogP contribution in [0.25, 0.3) is 45.0 Å². The van der Waals surface area contributed by atoms with Crippen molar-refractivity contribution in [3.63, 3.8) is 0 Å². The Hall–Kier alpha value is -6.32. The summed E-state index contributed by atoms with van der Waals surface area (Å²) in [5.41, 5.74) is 7.15.